The fourth-order valence-electron chi connectivity index (χ4n) is 3.87. The van der Waals surface area contributed by atoms with Crippen molar-refractivity contribution >= 4 is 58.8 Å². The summed E-state index contributed by atoms with van der Waals surface area (Å²) in [5, 5.41) is 3.01. The van der Waals surface area contributed by atoms with Gasteiger partial charge in [0.25, 0.3) is 5.91 Å². The second kappa shape index (κ2) is 11.1. The van der Waals surface area contributed by atoms with E-state index in [0.717, 1.165) is 42.7 Å². The molecule has 7 heteroatoms. The minimum absolute atomic E-state index is 0. The first kappa shape index (κ1) is 25.3. The second-order valence-electron chi connectivity index (χ2n) is 7.79. The van der Waals surface area contributed by atoms with Gasteiger partial charge in [0.1, 0.15) is 0 Å². The first-order valence-corrected chi connectivity index (χ1v) is 10.4. The maximum Gasteiger partial charge on any atom is 0.253 e. The average molecular weight is 481 g/mol. The molecule has 3 aromatic rings. The summed E-state index contributed by atoms with van der Waals surface area (Å²) in [7, 11) is 4.00. The topological polar surface area (TPSA) is 26.8 Å². The number of nitrogens with zero attached hydrogens (tertiary/aromatic N) is 3. The molecule has 0 radical (unpaired) electrons. The van der Waals surface area contributed by atoms with E-state index in [1.807, 2.05) is 43.4 Å². The molecule has 0 unspecified atom stereocenters. The van der Waals surface area contributed by atoms with Crippen molar-refractivity contribution in [3.63, 3.8) is 0 Å². The highest BCUT2D eigenvalue weighted by Crippen LogP contribution is 2.29. The van der Waals surface area contributed by atoms with E-state index in [2.05, 4.69) is 41.1 Å². The van der Waals surface area contributed by atoms with Crippen molar-refractivity contribution < 1.29 is 4.79 Å². The number of anilines is 1. The zero-order valence-corrected chi connectivity index (χ0v) is 20.1. The Labute approximate surface area is 201 Å². The third kappa shape index (κ3) is 5.83. The number of amides is 1. The number of likely N-dealkylation sites (N-methyl/N-ethyl adjacent to an activating group) is 1. The van der Waals surface area contributed by atoms with E-state index in [1.54, 1.807) is 4.90 Å². The SMILES string of the molecule is CN1CCN(c2cccc3ccc(C(=O)N(C)Cc4ccc(Cl)cc4)cc23)CC1.Cl.Cl. The zero-order chi connectivity index (χ0) is 20.4. The molecular formula is C24H28Cl3N3O. The maximum absolute atomic E-state index is 13.1. The maximum atomic E-state index is 13.1. The molecule has 4 nitrogen and oxygen atoms in total. The van der Waals surface area contributed by atoms with E-state index < -0.39 is 0 Å². The lowest BCUT2D eigenvalue weighted by Crippen LogP contribution is -2.44. The lowest BCUT2D eigenvalue weighted by molar-refractivity contribution is 0.0785. The van der Waals surface area contributed by atoms with Gasteiger partial charge in [-0.25, -0.2) is 0 Å². The van der Waals surface area contributed by atoms with Gasteiger partial charge < -0.3 is 14.7 Å². The van der Waals surface area contributed by atoms with E-state index >= 15 is 0 Å². The first-order chi connectivity index (χ1) is 14.0. The van der Waals surface area contributed by atoms with Crippen molar-refractivity contribution in [1.82, 2.24) is 9.80 Å². The standard InChI is InChI=1S/C24H26ClN3O.2ClH/c1-26-12-14-28(15-13-26)23-5-3-4-19-8-9-20(16-22(19)23)24(29)27(2)17-18-6-10-21(25)11-7-18;;/h3-11,16H,12-15,17H2,1-2H3;2*1H. The highest BCUT2D eigenvalue weighted by molar-refractivity contribution is 6.30. The van der Waals surface area contributed by atoms with Crippen LogP contribution >= 0.6 is 36.4 Å². The van der Waals surface area contributed by atoms with Crippen LogP contribution < -0.4 is 4.90 Å². The molecule has 3 aromatic carbocycles. The number of carbonyl (C=O) groups is 1. The molecule has 1 saturated heterocycles. The van der Waals surface area contributed by atoms with Crippen molar-refractivity contribution in [2.45, 2.75) is 6.54 Å². The molecule has 0 spiro atoms. The van der Waals surface area contributed by atoms with Gasteiger partial charge in [0.15, 0.2) is 0 Å². The number of halogens is 3. The molecular weight excluding hydrogens is 453 g/mol. The Morgan fingerprint density at radius 2 is 1.65 bits per heavy atom. The number of fused-ring (bicyclic) bond motifs is 1. The minimum atomic E-state index is 0. The van der Waals surface area contributed by atoms with E-state index in [4.69, 9.17) is 11.6 Å². The Hall–Kier alpha value is -1.98. The molecule has 1 aliphatic heterocycles. The van der Waals surface area contributed by atoms with E-state index in [-0.39, 0.29) is 30.7 Å². The van der Waals surface area contributed by atoms with Gasteiger partial charge in [-0.2, -0.15) is 0 Å². The molecule has 166 valence electrons. The number of carbonyl (C=O) groups excluding carboxylic acids is 1. The summed E-state index contributed by atoms with van der Waals surface area (Å²) in [4.78, 5) is 19.6. The molecule has 0 aliphatic carbocycles. The smallest absolute Gasteiger partial charge is 0.253 e. The third-order valence-corrected chi connectivity index (χ3v) is 5.88. The van der Waals surface area contributed by atoms with Crippen LogP contribution in [0.5, 0.6) is 0 Å². The second-order valence-corrected chi connectivity index (χ2v) is 8.23. The number of benzene rings is 3. The summed E-state index contributed by atoms with van der Waals surface area (Å²) < 4.78 is 0. The van der Waals surface area contributed by atoms with Crippen LogP contribution in [0.3, 0.4) is 0 Å². The number of piperazine rings is 1. The highest BCUT2D eigenvalue weighted by atomic mass is 35.5. The molecule has 0 N–H and O–H groups in total. The lowest BCUT2D eigenvalue weighted by Gasteiger charge is -2.34. The molecule has 0 aromatic heterocycles. The normalized spacial score (nSPS) is 14.0. The van der Waals surface area contributed by atoms with Crippen LogP contribution in [0.4, 0.5) is 5.69 Å². The van der Waals surface area contributed by atoms with Gasteiger partial charge in [0.05, 0.1) is 0 Å². The summed E-state index contributed by atoms with van der Waals surface area (Å²) in [5.74, 6) is 0.0232. The summed E-state index contributed by atoms with van der Waals surface area (Å²) in [6, 6.07) is 20.0. The summed E-state index contributed by atoms with van der Waals surface area (Å²) in [5.41, 5.74) is 2.99. The van der Waals surface area contributed by atoms with E-state index in [1.165, 1.54) is 11.1 Å². The average Bonchev–Trinajstić information content (AvgIpc) is 2.74. The van der Waals surface area contributed by atoms with Gasteiger partial charge >= 0.3 is 0 Å². The minimum Gasteiger partial charge on any atom is -0.368 e. The van der Waals surface area contributed by atoms with Crippen molar-refractivity contribution in [1.29, 1.82) is 0 Å². The van der Waals surface area contributed by atoms with E-state index in [0.29, 0.717) is 11.6 Å². The Morgan fingerprint density at radius 3 is 2.32 bits per heavy atom. The van der Waals surface area contributed by atoms with Crippen LogP contribution in [0.25, 0.3) is 10.8 Å². The predicted molar refractivity (Wildman–Crippen MR) is 135 cm³/mol. The van der Waals surface area contributed by atoms with Gasteiger partial charge in [-0.15, -0.1) is 24.8 Å². The fraction of sp³-hybridized carbons (Fsp3) is 0.292. The van der Waals surface area contributed by atoms with Crippen molar-refractivity contribution in [3.05, 3.63) is 76.8 Å². The Morgan fingerprint density at radius 1 is 0.968 bits per heavy atom. The van der Waals surface area contributed by atoms with Crippen LogP contribution in [0.1, 0.15) is 15.9 Å². The Kier molecular flexibility index (Phi) is 9.01. The molecule has 1 aliphatic rings. The van der Waals surface area contributed by atoms with Crippen LogP contribution in [-0.4, -0.2) is 56.0 Å². The fourth-order valence-corrected chi connectivity index (χ4v) is 3.99. The summed E-state index contributed by atoms with van der Waals surface area (Å²) in [6.45, 7) is 4.67. The van der Waals surface area contributed by atoms with Crippen LogP contribution in [0.15, 0.2) is 60.7 Å². The number of hydrogen-bond donors (Lipinski definition) is 0. The molecule has 1 amide bonds. The van der Waals surface area contributed by atoms with Gasteiger partial charge in [-0.3, -0.25) is 4.79 Å². The first-order valence-electron chi connectivity index (χ1n) is 9.97. The van der Waals surface area contributed by atoms with Crippen LogP contribution in [0.2, 0.25) is 5.02 Å². The molecule has 31 heavy (non-hydrogen) atoms. The van der Waals surface area contributed by atoms with Gasteiger partial charge in [-0.05, 0) is 48.3 Å². The molecule has 0 bridgehead atoms. The largest absolute Gasteiger partial charge is 0.368 e. The Bertz CT molecular complexity index is 1020. The molecule has 1 heterocycles. The lowest BCUT2D eigenvalue weighted by atomic mass is 10.0. The predicted octanol–water partition coefficient (Wildman–Crippen LogP) is 5.36. The van der Waals surface area contributed by atoms with Crippen molar-refractivity contribution in [2.75, 3.05) is 45.2 Å². The van der Waals surface area contributed by atoms with E-state index in [9.17, 15) is 4.79 Å². The zero-order valence-electron chi connectivity index (χ0n) is 17.8. The number of rotatable bonds is 4. The van der Waals surface area contributed by atoms with Crippen LogP contribution in [0, 0.1) is 0 Å². The molecule has 0 atom stereocenters. The molecule has 4 rings (SSSR count). The monoisotopic (exact) mass is 479 g/mol. The summed E-state index contributed by atoms with van der Waals surface area (Å²) >= 11 is 5.96. The van der Waals surface area contributed by atoms with Gasteiger partial charge in [0, 0.05) is 61.4 Å². The quantitative estimate of drug-likeness (QED) is 0.503. The Balaban J connectivity index is 0.00000171. The van der Waals surface area contributed by atoms with Crippen LogP contribution in [-0.2, 0) is 6.54 Å². The van der Waals surface area contributed by atoms with Crippen molar-refractivity contribution in [2.24, 2.45) is 0 Å². The van der Waals surface area contributed by atoms with Gasteiger partial charge in [-0.1, -0.05) is 41.9 Å². The highest BCUT2D eigenvalue weighted by Gasteiger charge is 2.18. The number of hydrogen-bond acceptors (Lipinski definition) is 3. The molecule has 1 fully saturated rings. The summed E-state index contributed by atoms with van der Waals surface area (Å²) in [6.07, 6.45) is 0. The van der Waals surface area contributed by atoms with Gasteiger partial charge in [0.2, 0.25) is 0 Å². The van der Waals surface area contributed by atoms with Crippen molar-refractivity contribution in [3.8, 4) is 0 Å². The molecule has 0 saturated carbocycles. The third-order valence-electron chi connectivity index (χ3n) is 5.63.